The lowest BCUT2D eigenvalue weighted by Crippen LogP contribution is -2.39. The van der Waals surface area contributed by atoms with Crippen LogP contribution in [0, 0.1) is 11.3 Å². The van der Waals surface area contributed by atoms with Crippen LogP contribution in [0.4, 0.5) is 5.69 Å². The lowest BCUT2D eigenvalue weighted by Gasteiger charge is -2.33. The van der Waals surface area contributed by atoms with Gasteiger partial charge in [-0.15, -0.1) is 0 Å². The maximum atomic E-state index is 9.19. The molecule has 3 rings (SSSR count). The first kappa shape index (κ1) is 12.0. The molecule has 1 saturated heterocycles. The van der Waals surface area contributed by atoms with Crippen molar-refractivity contribution in [3.8, 4) is 6.07 Å². The summed E-state index contributed by atoms with van der Waals surface area (Å²) in [5.74, 6) is 0. The Morgan fingerprint density at radius 2 is 1.74 bits per heavy atom. The normalized spacial score (nSPS) is 16.5. The van der Waals surface area contributed by atoms with E-state index in [1.54, 1.807) is 0 Å². The summed E-state index contributed by atoms with van der Waals surface area (Å²) in [4.78, 5) is 2.38. The van der Waals surface area contributed by atoms with Gasteiger partial charge in [0.2, 0.25) is 0 Å². The SMILES string of the molecule is N#Cc1ccc(N2CCC(N)CC2)c2ccccc12. The molecule has 0 aliphatic carbocycles. The van der Waals surface area contributed by atoms with Gasteiger partial charge >= 0.3 is 0 Å². The molecule has 0 saturated carbocycles. The van der Waals surface area contributed by atoms with Crippen molar-refractivity contribution in [2.24, 2.45) is 5.73 Å². The Morgan fingerprint density at radius 3 is 2.42 bits per heavy atom. The average molecular weight is 251 g/mol. The molecule has 1 heterocycles. The number of fused-ring (bicyclic) bond motifs is 1. The number of hydrogen-bond acceptors (Lipinski definition) is 3. The van der Waals surface area contributed by atoms with Gasteiger partial charge < -0.3 is 10.6 Å². The minimum atomic E-state index is 0.334. The van der Waals surface area contributed by atoms with Crippen molar-refractivity contribution in [2.45, 2.75) is 18.9 Å². The monoisotopic (exact) mass is 251 g/mol. The van der Waals surface area contributed by atoms with E-state index in [9.17, 15) is 5.26 Å². The Bertz CT molecular complexity index is 634. The first-order valence-electron chi connectivity index (χ1n) is 6.72. The van der Waals surface area contributed by atoms with Crippen LogP contribution in [0.25, 0.3) is 10.8 Å². The molecule has 0 radical (unpaired) electrons. The molecule has 1 aliphatic heterocycles. The van der Waals surface area contributed by atoms with Gasteiger partial charge in [0.1, 0.15) is 0 Å². The smallest absolute Gasteiger partial charge is 0.0998 e. The largest absolute Gasteiger partial charge is 0.371 e. The van der Waals surface area contributed by atoms with Gasteiger partial charge in [-0.3, -0.25) is 0 Å². The van der Waals surface area contributed by atoms with Crippen LogP contribution in [0.15, 0.2) is 36.4 Å². The number of benzene rings is 2. The quantitative estimate of drug-likeness (QED) is 0.847. The Morgan fingerprint density at radius 1 is 1.05 bits per heavy atom. The first-order valence-corrected chi connectivity index (χ1v) is 6.72. The van der Waals surface area contributed by atoms with E-state index in [-0.39, 0.29) is 0 Å². The van der Waals surface area contributed by atoms with Crippen molar-refractivity contribution in [1.29, 1.82) is 5.26 Å². The first-order chi connectivity index (χ1) is 9.29. The third-order valence-corrected chi connectivity index (χ3v) is 3.90. The zero-order chi connectivity index (χ0) is 13.2. The molecule has 3 nitrogen and oxygen atoms in total. The van der Waals surface area contributed by atoms with Gasteiger partial charge in [-0.2, -0.15) is 5.26 Å². The molecule has 1 aliphatic rings. The highest BCUT2D eigenvalue weighted by atomic mass is 15.1. The van der Waals surface area contributed by atoms with Crippen LogP contribution in [0.1, 0.15) is 18.4 Å². The number of nitrogens with zero attached hydrogens (tertiary/aromatic N) is 2. The van der Waals surface area contributed by atoms with E-state index in [1.165, 1.54) is 5.69 Å². The van der Waals surface area contributed by atoms with E-state index >= 15 is 0 Å². The van der Waals surface area contributed by atoms with Crippen LogP contribution in [-0.4, -0.2) is 19.1 Å². The second-order valence-corrected chi connectivity index (χ2v) is 5.11. The Labute approximate surface area is 113 Å². The van der Waals surface area contributed by atoms with Gasteiger partial charge in [-0.1, -0.05) is 24.3 Å². The summed E-state index contributed by atoms with van der Waals surface area (Å²) in [6.45, 7) is 1.99. The Kier molecular flexibility index (Phi) is 3.10. The van der Waals surface area contributed by atoms with Gasteiger partial charge in [0.05, 0.1) is 11.6 Å². The summed E-state index contributed by atoms with van der Waals surface area (Å²) in [6.07, 6.45) is 2.07. The maximum Gasteiger partial charge on any atom is 0.0998 e. The van der Waals surface area contributed by atoms with E-state index in [1.807, 2.05) is 24.3 Å². The Hall–Kier alpha value is -2.05. The zero-order valence-electron chi connectivity index (χ0n) is 10.8. The van der Waals surface area contributed by atoms with E-state index in [0.29, 0.717) is 6.04 Å². The van der Waals surface area contributed by atoms with Crippen molar-refractivity contribution in [3.63, 3.8) is 0 Å². The lowest BCUT2D eigenvalue weighted by molar-refractivity contribution is 0.502. The molecule has 0 bridgehead atoms. The maximum absolute atomic E-state index is 9.19. The molecule has 0 atom stereocenters. The predicted octanol–water partition coefficient (Wildman–Crippen LogP) is 2.64. The molecule has 3 heteroatoms. The molecular weight excluding hydrogens is 234 g/mol. The number of piperidine rings is 1. The van der Waals surface area contributed by atoms with Crippen LogP contribution < -0.4 is 10.6 Å². The van der Waals surface area contributed by atoms with E-state index in [0.717, 1.165) is 42.3 Å². The minimum absolute atomic E-state index is 0.334. The minimum Gasteiger partial charge on any atom is -0.371 e. The zero-order valence-corrected chi connectivity index (χ0v) is 10.8. The van der Waals surface area contributed by atoms with Gasteiger partial charge in [-0.05, 0) is 25.0 Å². The van der Waals surface area contributed by atoms with Gasteiger partial charge in [-0.25, -0.2) is 0 Å². The van der Waals surface area contributed by atoms with Crippen molar-refractivity contribution < 1.29 is 0 Å². The summed E-state index contributed by atoms with van der Waals surface area (Å²) in [5, 5.41) is 11.4. The second kappa shape index (κ2) is 4.91. The topological polar surface area (TPSA) is 53.0 Å². The van der Waals surface area contributed by atoms with Gasteiger partial charge in [0.15, 0.2) is 0 Å². The number of rotatable bonds is 1. The van der Waals surface area contributed by atoms with Crippen LogP contribution in [0.3, 0.4) is 0 Å². The molecule has 0 unspecified atom stereocenters. The van der Waals surface area contributed by atoms with E-state index < -0.39 is 0 Å². The number of hydrogen-bond donors (Lipinski definition) is 1. The van der Waals surface area contributed by atoms with E-state index in [2.05, 4.69) is 23.1 Å². The van der Waals surface area contributed by atoms with Crippen LogP contribution in [0.5, 0.6) is 0 Å². The van der Waals surface area contributed by atoms with E-state index in [4.69, 9.17) is 5.73 Å². The summed E-state index contributed by atoms with van der Waals surface area (Å²) in [7, 11) is 0. The molecular formula is C16H17N3. The fourth-order valence-corrected chi connectivity index (χ4v) is 2.80. The summed E-state index contributed by atoms with van der Waals surface area (Å²) in [5.41, 5.74) is 7.93. The third-order valence-electron chi connectivity index (χ3n) is 3.90. The fraction of sp³-hybridized carbons (Fsp3) is 0.312. The molecule has 0 amide bonds. The number of nitrogens with two attached hydrogens (primary N) is 1. The molecule has 19 heavy (non-hydrogen) atoms. The van der Waals surface area contributed by atoms with Crippen molar-refractivity contribution in [2.75, 3.05) is 18.0 Å². The van der Waals surface area contributed by atoms with Crippen molar-refractivity contribution in [1.82, 2.24) is 0 Å². The van der Waals surface area contributed by atoms with Crippen molar-refractivity contribution >= 4 is 16.5 Å². The van der Waals surface area contributed by atoms with Gasteiger partial charge in [0, 0.05) is 35.6 Å². The standard InChI is InChI=1S/C16H17N3/c17-11-12-5-6-16(15-4-2-1-3-14(12)15)19-9-7-13(18)8-10-19/h1-6,13H,7-10,18H2. The summed E-state index contributed by atoms with van der Waals surface area (Å²) >= 11 is 0. The van der Waals surface area contributed by atoms with Crippen LogP contribution in [-0.2, 0) is 0 Å². The molecule has 0 aromatic heterocycles. The molecule has 96 valence electrons. The highest BCUT2D eigenvalue weighted by Crippen LogP contribution is 2.30. The summed E-state index contributed by atoms with van der Waals surface area (Å²) in [6, 6.07) is 14.7. The van der Waals surface area contributed by atoms with Crippen LogP contribution >= 0.6 is 0 Å². The average Bonchev–Trinajstić information content (AvgIpc) is 2.47. The Balaban J connectivity index is 2.08. The van der Waals surface area contributed by atoms with Crippen molar-refractivity contribution in [3.05, 3.63) is 42.0 Å². The molecule has 0 spiro atoms. The van der Waals surface area contributed by atoms with Gasteiger partial charge in [0.25, 0.3) is 0 Å². The highest BCUT2D eigenvalue weighted by molar-refractivity contribution is 5.97. The fourth-order valence-electron chi connectivity index (χ4n) is 2.80. The summed E-state index contributed by atoms with van der Waals surface area (Å²) < 4.78 is 0. The number of anilines is 1. The molecule has 2 aromatic rings. The highest BCUT2D eigenvalue weighted by Gasteiger charge is 2.18. The third kappa shape index (κ3) is 2.16. The molecule has 1 fully saturated rings. The molecule has 2 N–H and O–H groups in total. The second-order valence-electron chi connectivity index (χ2n) is 5.11. The number of nitriles is 1. The molecule has 2 aromatic carbocycles. The predicted molar refractivity (Wildman–Crippen MR) is 78.1 cm³/mol. The lowest BCUT2D eigenvalue weighted by atomic mass is 10.00. The van der Waals surface area contributed by atoms with Crippen LogP contribution in [0.2, 0.25) is 0 Å².